The predicted molar refractivity (Wildman–Crippen MR) is 69.4 cm³/mol. The van der Waals surface area contributed by atoms with Crippen LogP contribution in [0.3, 0.4) is 0 Å². The van der Waals surface area contributed by atoms with Crippen LogP contribution in [-0.2, 0) is 11.2 Å². The molecule has 2 heteroatoms. The van der Waals surface area contributed by atoms with E-state index in [1.807, 2.05) is 12.1 Å². The number of carbonyl (C=O) groups excluding carboxylic acids is 1. The molecule has 0 spiro atoms. The van der Waals surface area contributed by atoms with Gasteiger partial charge in [-0.05, 0) is 37.0 Å². The summed E-state index contributed by atoms with van der Waals surface area (Å²) in [5.74, 6) is 0.843. The fourth-order valence-corrected chi connectivity index (χ4v) is 2.63. The number of benzene rings is 1. The van der Waals surface area contributed by atoms with Gasteiger partial charge in [-0.2, -0.15) is 0 Å². The average molecular weight is 281 g/mol. The first-order chi connectivity index (χ1) is 7.75. The molecule has 1 saturated carbocycles. The van der Waals surface area contributed by atoms with E-state index < -0.39 is 0 Å². The van der Waals surface area contributed by atoms with Crippen LogP contribution < -0.4 is 0 Å². The molecule has 0 radical (unpaired) electrons. The van der Waals surface area contributed by atoms with Crippen LogP contribution in [0.15, 0.2) is 28.7 Å². The third-order valence-corrected chi connectivity index (χ3v) is 3.91. The van der Waals surface area contributed by atoms with Gasteiger partial charge in [-0.1, -0.05) is 40.9 Å². The summed E-state index contributed by atoms with van der Waals surface area (Å²) in [7, 11) is 0. The molecule has 0 N–H and O–H groups in total. The third-order valence-electron chi connectivity index (χ3n) is 3.38. The summed E-state index contributed by atoms with van der Waals surface area (Å²) in [6.45, 7) is 0. The number of halogens is 1. The lowest BCUT2D eigenvalue weighted by Crippen LogP contribution is -2.11. The summed E-state index contributed by atoms with van der Waals surface area (Å²) < 4.78 is 1.10. The maximum atomic E-state index is 11.9. The Morgan fingerprint density at radius 1 is 1.19 bits per heavy atom. The number of carbonyl (C=O) groups is 1. The second kappa shape index (κ2) is 5.62. The predicted octanol–water partition coefficient (Wildman–Crippen LogP) is 4.14. The third kappa shape index (κ3) is 3.18. The summed E-state index contributed by atoms with van der Waals surface area (Å²) in [4.78, 5) is 11.9. The second-order valence-corrected chi connectivity index (χ2v) is 5.49. The number of Topliss-reactive ketones (excluding diaryl/α,β-unsaturated/α-hetero) is 1. The summed E-state index contributed by atoms with van der Waals surface area (Å²) in [5, 5.41) is 0. The summed E-state index contributed by atoms with van der Waals surface area (Å²) >= 11 is 3.41. The van der Waals surface area contributed by atoms with E-state index in [4.69, 9.17) is 0 Å². The van der Waals surface area contributed by atoms with Gasteiger partial charge in [0, 0.05) is 16.8 Å². The van der Waals surface area contributed by atoms with Gasteiger partial charge >= 0.3 is 0 Å². The molecule has 1 aromatic carbocycles. The summed E-state index contributed by atoms with van der Waals surface area (Å²) in [6.07, 6.45) is 6.34. The van der Waals surface area contributed by atoms with Crippen molar-refractivity contribution in [3.63, 3.8) is 0 Å². The van der Waals surface area contributed by atoms with Gasteiger partial charge in [0.2, 0.25) is 0 Å². The van der Waals surface area contributed by atoms with Crippen molar-refractivity contribution in [1.29, 1.82) is 0 Å². The maximum Gasteiger partial charge on any atom is 0.136 e. The fourth-order valence-electron chi connectivity index (χ4n) is 2.37. The van der Waals surface area contributed by atoms with Gasteiger partial charge in [-0.15, -0.1) is 0 Å². The van der Waals surface area contributed by atoms with Crippen LogP contribution in [0.25, 0.3) is 0 Å². The van der Waals surface area contributed by atoms with Crippen LogP contribution in [-0.4, -0.2) is 5.78 Å². The van der Waals surface area contributed by atoms with Crippen molar-refractivity contribution < 1.29 is 4.79 Å². The molecule has 1 nitrogen and oxygen atoms in total. The molecule has 1 aromatic rings. The van der Waals surface area contributed by atoms with E-state index in [0.717, 1.165) is 23.7 Å². The van der Waals surface area contributed by atoms with Crippen LogP contribution in [0.4, 0.5) is 0 Å². The molecule has 0 amide bonds. The van der Waals surface area contributed by atoms with Gasteiger partial charge in [0.25, 0.3) is 0 Å². The van der Waals surface area contributed by atoms with E-state index in [2.05, 4.69) is 28.1 Å². The Hall–Kier alpha value is -0.630. The topological polar surface area (TPSA) is 17.1 Å². The number of ketones is 1. The van der Waals surface area contributed by atoms with Crippen LogP contribution in [0.2, 0.25) is 0 Å². The molecule has 0 atom stereocenters. The highest BCUT2D eigenvalue weighted by Gasteiger charge is 2.21. The molecule has 0 unspecified atom stereocenters. The Morgan fingerprint density at radius 2 is 1.81 bits per heavy atom. The average Bonchev–Trinajstić information content (AvgIpc) is 2.81. The Balaban J connectivity index is 1.82. The van der Waals surface area contributed by atoms with Crippen molar-refractivity contribution in [3.05, 3.63) is 34.3 Å². The van der Waals surface area contributed by atoms with E-state index in [-0.39, 0.29) is 0 Å². The molecule has 0 saturated heterocycles. The second-order valence-electron chi connectivity index (χ2n) is 4.57. The molecule has 16 heavy (non-hydrogen) atoms. The van der Waals surface area contributed by atoms with Gasteiger partial charge in [0.15, 0.2) is 0 Å². The van der Waals surface area contributed by atoms with Crippen LogP contribution >= 0.6 is 15.9 Å². The molecule has 0 aromatic heterocycles. The number of hydrogen-bond donors (Lipinski definition) is 0. The molecule has 1 fully saturated rings. The normalized spacial score (nSPS) is 16.6. The highest BCUT2D eigenvalue weighted by molar-refractivity contribution is 9.10. The summed E-state index contributed by atoms with van der Waals surface area (Å²) in [6, 6.07) is 8.25. The van der Waals surface area contributed by atoms with E-state index in [9.17, 15) is 4.79 Å². The van der Waals surface area contributed by atoms with Crippen LogP contribution in [0, 0.1) is 5.92 Å². The lowest BCUT2D eigenvalue weighted by atomic mass is 9.97. The Morgan fingerprint density at radius 3 is 2.44 bits per heavy atom. The SMILES string of the molecule is O=C(CCc1ccc(Br)cc1)C1CCCC1. The molecule has 0 heterocycles. The van der Waals surface area contributed by atoms with Gasteiger partial charge in [0.1, 0.15) is 5.78 Å². The molecule has 1 aliphatic rings. The van der Waals surface area contributed by atoms with Crippen molar-refractivity contribution in [2.45, 2.75) is 38.5 Å². The zero-order valence-electron chi connectivity index (χ0n) is 9.42. The van der Waals surface area contributed by atoms with Gasteiger partial charge in [-0.3, -0.25) is 4.79 Å². The molecule has 1 aliphatic carbocycles. The van der Waals surface area contributed by atoms with E-state index in [1.165, 1.54) is 18.4 Å². The lowest BCUT2D eigenvalue weighted by Gasteiger charge is -2.07. The van der Waals surface area contributed by atoms with Crippen molar-refractivity contribution in [2.75, 3.05) is 0 Å². The maximum absolute atomic E-state index is 11.9. The fraction of sp³-hybridized carbons (Fsp3) is 0.500. The smallest absolute Gasteiger partial charge is 0.136 e. The van der Waals surface area contributed by atoms with Crippen molar-refractivity contribution in [3.8, 4) is 0 Å². The molecular weight excluding hydrogens is 264 g/mol. The summed E-state index contributed by atoms with van der Waals surface area (Å²) in [5.41, 5.74) is 1.26. The molecular formula is C14H17BrO. The molecule has 0 bridgehead atoms. The Kier molecular flexibility index (Phi) is 4.16. The zero-order valence-corrected chi connectivity index (χ0v) is 11.0. The minimum absolute atomic E-state index is 0.371. The first-order valence-electron chi connectivity index (χ1n) is 6.03. The minimum Gasteiger partial charge on any atom is -0.299 e. The standard InChI is InChI=1S/C14H17BrO/c15-13-8-5-11(6-9-13)7-10-14(16)12-3-1-2-4-12/h5-6,8-9,12H,1-4,7,10H2. The number of aryl methyl sites for hydroxylation is 1. The van der Waals surface area contributed by atoms with Crippen molar-refractivity contribution in [1.82, 2.24) is 0 Å². The van der Waals surface area contributed by atoms with E-state index >= 15 is 0 Å². The lowest BCUT2D eigenvalue weighted by molar-refractivity contribution is -0.122. The molecule has 2 rings (SSSR count). The zero-order chi connectivity index (χ0) is 11.4. The van der Waals surface area contributed by atoms with E-state index in [1.54, 1.807) is 0 Å². The first-order valence-corrected chi connectivity index (χ1v) is 6.82. The Labute approximate surface area is 105 Å². The largest absolute Gasteiger partial charge is 0.299 e. The number of rotatable bonds is 4. The monoisotopic (exact) mass is 280 g/mol. The van der Waals surface area contributed by atoms with E-state index in [0.29, 0.717) is 18.1 Å². The van der Waals surface area contributed by atoms with Gasteiger partial charge in [0.05, 0.1) is 0 Å². The van der Waals surface area contributed by atoms with Gasteiger partial charge < -0.3 is 0 Å². The number of hydrogen-bond acceptors (Lipinski definition) is 1. The Bertz CT molecular complexity index is 350. The van der Waals surface area contributed by atoms with Crippen molar-refractivity contribution in [2.24, 2.45) is 5.92 Å². The van der Waals surface area contributed by atoms with Crippen molar-refractivity contribution >= 4 is 21.7 Å². The van der Waals surface area contributed by atoms with Crippen LogP contribution in [0.5, 0.6) is 0 Å². The highest BCUT2D eigenvalue weighted by atomic mass is 79.9. The molecule has 0 aliphatic heterocycles. The van der Waals surface area contributed by atoms with Gasteiger partial charge in [-0.25, -0.2) is 0 Å². The first kappa shape index (κ1) is 11.8. The highest BCUT2D eigenvalue weighted by Crippen LogP contribution is 2.26. The quantitative estimate of drug-likeness (QED) is 0.810. The molecule has 86 valence electrons. The van der Waals surface area contributed by atoms with Crippen LogP contribution in [0.1, 0.15) is 37.7 Å². The minimum atomic E-state index is 0.371.